The van der Waals surface area contributed by atoms with Gasteiger partial charge in [-0.3, -0.25) is 10.1 Å². The second-order valence-corrected chi connectivity index (χ2v) is 4.17. The zero-order chi connectivity index (χ0) is 13.0. The van der Waals surface area contributed by atoms with Gasteiger partial charge in [0.1, 0.15) is 5.69 Å². The monoisotopic (exact) mass is 247 g/mol. The number of anilines is 1. The Balaban J connectivity index is 2.42. The molecular formula is C11H13N5O2. The Morgan fingerprint density at radius 1 is 1.33 bits per heavy atom. The summed E-state index contributed by atoms with van der Waals surface area (Å²) in [6.45, 7) is 1.61. The Morgan fingerprint density at radius 3 is 2.67 bits per heavy atom. The highest BCUT2D eigenvalue weighted by Crippen LogP contribution is 2.33. The summed E-state index contributed by atoms with van der Waals surface area (Å²) in [6.07, 6.45) is 3.21. The van der Waals surface area contributed by atoms with Gasteiger partial charge in [-0.25, -0.2) is 0 Å². The number of rotatable bonds is 3. The van der Waals surface area contributed by atoms with Crippen LogP contribution in [0.5, 0.6) is 0 Å². The van der Waals surface area contributed by atoms with Crippen LogP contribution in [0.25, 0.3) is 10.4 Å². The number of nitro groups is 1. The summed E-state index contributed by atoms with van der Waals surface area (Å²) in [6, 6.07) is 4.45. The van der Waals surface area contributed by atoms with E-state index in [1.54, 1.807) is 6.07 Å². The molecule has 0 aliphatic carbocycles. The molecule has 7 heteroatoms. The van der Waals surface area contributed by atoms with Crippen LogP contribution in [0.2, 0.25) is 0 Å². The lowest BCUT2D eigenvalue weighted by Crippen LogP contribution is -2.29. The third-order valence-electron chi connectivity index (χ3n) is 3.01. The lowest BCUT2D eigenvalue weighted by molar-refractivity contribution is -0.384. The minimum absolute atomic E-state index is 0.0637. The van der Waals surface area contributed by atoms with Gasteiger partial charge < -0.3 is 4.90 Å². The average molecular weight is 247 g/mol. The molecule has 94 valence electrons. The molecule has 0 aromatic heterocycles. The fourth-order valence-corrected chi connectivity index (χ4v) is 2.17. The van der Waals surface area contributed by atoms with Gasteiger partial charge in [0, 0.05) is 29.8 Å². The minimum atomic E-state index is -0.399. The first-order valence-electron chi connectivity index (χ1n) is 5.81. The summed E-state index contributed by atoms with van der Waals surface area (Å²) < 4.78 is 0. The minimum Gasteiger partial charge on any atom is -0.366 e. The van der Waals surface area contributed by atoms with E-state index in [0.29, 0.717) is 11.4 Å². The van der Waals surface area contributed by atoms with Crippen molar-refractivity contribution < 1.29 is 4.92 Å². The summed E-state index contributed by atoms with van der Waals surface area (Å²) >= 11 is 0. The van der Waals surface area contributed by atoms with Gasteiger partial charge >= 0.3 is 0 Å². The van der Waals surface area contributed by atoms with Crippen LogP contribution in [0.15, 0.2) is 23.3 Å². The van der Waals surface area contributed by atoms with Crippen molar-refractivity contribution in [3.05, 3.63) is 38.8 Å². The molecule has 0 atom stereocenters. The van der Waals surface area contributed by atoms with Crippen molar-refractivity contribution in [2.75, 3.05) is 18.0 Å². The van der Waals surface area contributed by atoms with E-state index < -0.39 is 4.92 Å². The van der Waals surface area contributed by atoms with E-state index in [-0.39, 0.29) is 5.69 Å². The fraction of sp³-hybridized carbons (Fsp3) is 0.455. The van der Waals surface area contributed by atoms with Gasteiger partial charge in [-0.15, -0.1) is 0 Å². The molecule has 1 aliphatic rings. The molecule has 7 nitrogen and oxygen atoms in total. The maximum atomic E-state index is 11.0. The number of nitrogens with zero attached hydrogens (tertiary/aromatic N) is 5. The normalized spacial score (nSPS) is 15.0. The Labute approximate surface area is 104 Å². The SMILES string of the molecule is [N-]=[N+]=Nc1ccc([N+](=O)[O-])c(N2CCCCC2)c1. The summed E-state index contributed by atoms with van der Waals surface area (Å²) in [4.78, 5) is 15.3. The molecule has 1 aromatic carbocycles. The Bertz CT molecular complexity index is 504. The molecule has 0 amide bonds. The van der Waals surface area contributed by atoms with Crippen LogP contribution in [-0.2, 0) is 0 Å². The first-order chi connectivity index (χ1) is 8.72. The molecule has 1 saturated heterocycles. The summed E-state index contributed by atoms with van der Waals surface area (Å²) in [5.74, 6) is 0. The molecule has 18 heavy (non-hydrogen) atoms. The molecule has 0 bridgehead atoms. The van der Waals surface area contributed by atoms with Crippen LogP contribution in [0.3, 0.4) is 0 Å². The van der Waals surface area contributed by atoms with Crippen molar-refractivity contribution >= 4 is 17.1 Å². The lowest BCUT2D eigenvalue weighted by Gasteiger charge is -2.28. The molecule has 1 heterocycles. The van der Waals surface area contributed by atoms with E-state index in [1.807, 2.05) is 4.90 Å². The van der Waals surface area contributed by atoms with Crippen molar-refractivity contribution in [1.29, 1.82) is 0 Å². The fourth-order valence-electron chi connectivity index (χ4n) is 2.17. The van der Waals surface area contributed by atoms with E-state index in [1.165, 1.54) is 12.1 Å². The van der Waals surface area contributed by atoms with Gasteiger partial charge in [-0.2, -0.15) is 0 Å². The first-order valence-corrected chi connectivity index (χ1v) is 5.81. The van der Waals surface area contributed by atoms with Crippen molar-refractivity contribution in [1.82, 2.24) is 0 Å². The van der Waals surface area contributed by atoms with Gasteiger partial charge in [0.05, 0.1) is 4.92 Å². The highest BCUT2D eigenvalue weighted by molar-refractivity contribution is 5.68. The van der Waals surface area contributed by atoms with Crippen molar-refractivity contribution in [2.24, 2.45) is 5.11 Å². The third-order valence-corrected chi connectivity index (χ3v) is 3.01. The molecular weight excluding hydrogens is 234 g/mol. The van der Waals surface area contributed by atoms with Gasteiger partial charge in [0.15, 0.2) is 0 Å². The molecule has 1 aromatic rings. The zero-order valence-corrected chi connectivity index (χ0v) is 9.82. The Kier molecular flexibility index (Phi) is 3.64. The van der Waals surface area contributed by atoms with Gasteiger partial charge in [0.2, 0.25) is 0 Å². The van der Waals surface area contributed by atoms with Gasteiger partial charge in [0.25, 0.3) is 5.69 Å². The van der Waals surface area contributed by atoms with Gasteiger partial charge in [-0.1, -0.05) is 5.11 Å². The first kappa shape index (κ1) is 12.2. The predicted octanol–water partition coefficient (Wildman–Crippen LogP) is 3.53. The molecule has 1 aliphatic heterocycles. The molecule has 0 saturated carbocycles. The number of benzene rings is 1. The zero-order valence-electron chi connectivity index (χ0n) is 9.82. The quantitative estimate of drug-likeness (QED) is 0.269. The predicted molar refractivity (Wildman–Crippen MR) is 68.0 cm³/mol. The maximum absolute atomic E-state index is 11.0. The van der Waals surface area contributed by atoms with Crippen LogP contribution in [0, 0.1) is 10.1 Å². The summed E-state index contributed by atoms with van der Waals surface area (Å²) in [5.41, 5.74) is 9.43. The van der Waals surface area contributed by atoms with E-state index in [9.17, 15) is 10.1 Å². The van der Waals surface area contributed by atoms with Crippen LogP contribution in [0.4, 0.5) is 17.1 Å². The maximum Gasteiger partial charge on any atom is 0.292 e. The van der Waals surface area contributed by atoms with E-state index in [4.69, 9.17) is 5.53 Å². The van der Waals surface area contributed by atoms with Crippen LogP contribution in [0.1, 0.15) is 19.3 Å². The molecule has 2 rings (SSSR count). The standard InChI is InChI=1S/C11H13N5O2/c12-14-13-9-4-5-10(16(17)18)11(8-9)15-6-2-1-3-7-15/h4-5,8H,1-3,6-7H2. The molecule has 0 spiro atoms. The van der Waals surface area contributed by atoms with Crippen LogP contribution < -0.4 is 4.90 Å². The van der Waals surface area contributed by atoms with Crippen LogP contribution in [-0.4, -0.2) is 18.0 Å². The second-order valence-electron chi connectivity index (χ2n) is 4.17. The smallest absolute Gasteiger partial charge is 0.292 e. The Morgan fingerprint density at radius 2 is 2.06 bits per heavy atom. The summed E-state index contributed by atoms with van der Waals surface area (Å²) in [7, 11) is 0. The second kappa shape index (κ2) is 5.37. The highest BCUT2D eigenvalue weighted by Gasteiger charge is 2.21. The topological polar surface area (TPSA) is 95.1 Å². The van der Waals surface area contributed by atoms with E-state index in [2.05, 4.69) is 10.0 Å². The van der Waals surface area contributed by atoms with Crippen molar-refractivity contribution in [2.45, 2.75) is 19.3 Å². The molecule has 1 fully saturated rings. The molecule has 0 unspecified atom stereocenters. The Hall–Kier alpha value is -2.27. The largest absolute Gasteiger partial charge is 0.366 e. The number of piperidine rings is 1. The molecule has 0 N–H and O–H groups in total. The van der Waals surface area contributed by atoms with Crippen molar-refractivity contribution in [3.63, 3.8) is 0 Å². The number of nitro benzene ring substituents is 1. The number of azide groups is 1. The van der Waals surface area contributed by atoms with Gasteiger partial charge in [-0.05, 0) is 36.9 Å². The van der Waals surface area contributed by atoms with Crippen LogP contribution >= 0.6 is 0 Å². The average Bonchev–Trinajstić information content (AvgIpc) is 2.40. The molecule has 0 radical (unpaired) electrons. The van der Waals surface area contributed by atoms with E-state index >= 15 is 0 Å². The van der Waals surface area contributed by atoms with E-state index in [0.717, 1.165) is 32.4 Å². The number of hydrogen-bond acceptors (Lipinski definition) is 4. The summed E-state index contributed by atoms with van der Waals surface area (Å²) in [5, 5.41) is 14.5. The third kappa shape index (κ3) is 2.52. The lowest BCUT2D eigenvalue weighted by atomic mass is 10.1. The highest BCUT2D eigenvalue weighted by atomic mass is 16.6. The number of hydrogen-bond donors (Lipinski definition) is 0. The van der Waals surface area contributed by atoms with Crippen molar-refractivity contribution in [3.8, 4) is 0 Å².